The molecular formula is C18H23N3O3. The van der Waals surface area contributed by atoms with Crippen molar-refractivity contribution in [3.63, 3.8) is 0 Å². The van der Waals surface area contributed by atoms with E-state index in [-0.39, 0.29) is 23.6 Å². The van der Waals surface area contributed by atoms with Crippen molar-refractivity contribution in [2.45, 2.75) is 58.5 Å². The highest BCUT2D eigenvalue weighted by atomic mass is 16.3. The predicted molar refractivity (Wildman–Crippen MR) is 90.2 cm³/mol. The van der Waals surface area contributed by atoms with Gasteiger partial charge in [0.2, 0.25) is 0 Å². The summed E-state index contributed by atoms with van der Waals surface area (Å²) in [6.07, 6.45) is 3.36. The maximum Gasteiger partial charge on any atom is 0.267 e. The summed E-state index contributed by atoms with van der Waals surface area (Å²) >= 11 is 0. The zero-order valence-corrected chi connectivity index (χ0v) is 14.3. The van der Waals surface area contributed by atoms with Crippen LogP contribution in [-0.2, 0) is 0 Å². The minimum atomic E-state index is -0.0846. The Hall–Kier alpha value is -2.37. The number of furan rings is 1. The topological polar surface area (TPSA) is 77.1 Å². The lowest BCUT2D eigenvalue weighted by Crippen LogP contribution is -2.39. The van der Waals surface area contributed by atoms with Crippen LogP contribution in [0.5, 0.6) is 0 Å². The minimum absolute atomic E-state index is 0.0578. The zero-order chi connectivity index (χ0) is 17.3. The Kier molecular flexibility index (Phi) is 4.55. The third kappa shape index (κ3) is 3.42. The maximum atomic E-state index is 12.4. The lowest BCUT2D eigenvalue weighted by molar-refractivity contribution is 0.0920. The first kappa shape index (κ1) is 16.5. The van der Waals surface area contributed by atoms with Crippen LogP contribution in [0.2, 0.25) is 0 Å². The number of hydrogen-bond donors (Lipinski definition) is 1. The molecule has 1 amide bonds. The van der Waals surface area contributed by atoms with Crippen molar-refractivity contribution in [1.82, 2.24) is 15.1 Å². The highest BCUT2D eigenvalue weighted by molar-refractivity contribution is 5.95. The Morgan fingerprint density at radius 1 is 1.21 bits per heavy atom. The number of aromatic nitrogens is 2. The van der Waals surface area contributed by atoms with Crippen LogP contribution < -0.4 is 10.9 Å². The van der Waals surface area contributed by atoms with Gasteiger partial charge in [-0.25, -0.2) is 4.68 Å². The first-order valence-electron chi connectivity index (χ1n) is 8.38. The van der Waals surface area contributed by atoms with Gasteiger partial charge < -0.3 is 9.73 Å². The molecule has 24 heavy (non-hydrogen) atoms. The number of aryl methyl sites for hydroxylation is 3. The molecule has 6 heteroatoms. The van der Waals surface area contributed by atoms with Gasteiger partial charge in [-0.3, -0.25) is 9.59 Å². The molecule has 1 saturated carbocycles. The molecule has 128 valence electrons. The van der Waals surface area contributed by atoms with Crippen molar-refractivity contribution in [3.8, 4) is 0 Å². The average Bonchev–Trinajstić information content (AvgIpc) is 2.89. The third-order valence-corrected chi connectivity index (χ3v) is 4.62. The Labute approximate surface area is 140 Å². The maximum absolute atomic E-state index is 12.4. The van der Waals surface area contributed by atoms with Crippen molar-refractivity contribution >= 4 is 5.91 Å². The predicted octanol–water partition coefficient (Wildman–Crippen LogP) is 2.68. The SMILES string of the molecule is Cc1ccc(=O)n(C2CCC(NC(=O)c3cc(C)oc3C)CC2)n1. The number of amides is 1. The summed E-state index contributed by atoms with van der Waals surface area (Å²) in [5, 5.41) is 7.43. The number of nitrogens with zero attached hydrogens (tertiary/aromatic N) is 2. The second-order valence-corrected chi connectivity index (χ2v) is 6.56. The summed E-state index contributed by atoms with van der Waals surface area (Å²) in [6, 6.07) is 5.32. The minimum Gasteiger partial charge on any atom is -0.466 e. The second kappa shape index (κ2) is 6.63. The van der Waals surface area contributed by atoms with Crippen LogP contribution in [0, 0.1) is 20.8 Å². The third-order valence-electron chi connectivity index (χ3n) is 4.62. The molecule has 2 aromatic rings. The molecule has 0 aromatic carbocycles. The zero-order valence-electron chi connectivity index (χ0n) is 14.3. The van der Waals surface area contributed by atoms with Crippen molar-refractivity contribution < 1.29 is 9.21 Å². The molecule has 1 aliphatic carbocycles. The fourth-order valence-corrected chi connectivity index (χ4v) is 3.37. The van der Waals surface area contributed by atoms with Crippen LogP contribution >= 0.6 is 0 Å². The summed E-state index contributed by atoms with van der Waals surface area (Å²) in [7, 11) is 0. The van der Waals surface area contributed by atoms with E-state index in [1.54, 1.807) is 29.8 Å². The lowest BCUT2D eigenvalue weighted by atomic mass is 9.91. The molecule has 0 radical (unpaired) electrons. The van der Waals surface area contributed by atoms with E-state index in [4.69, 9.17) is 4.42 Å². The van der Waals surface area contributed by atoms with Gasteiger partial charge in [-0.2, -0.15) is 5.10 Å². The van der Waals surface area contributed by atoms with Crippen LogP contribution in [0.1, 0.15) is 59.3 Å². The number of hydrogen-bond acceptors (Lipinski definition) is 4. The Balaban J connectivity index is 1.61. The van der Waals surface area contributed by atoms with Crippen LogP contribution in [0.25, 0.3) is 0 Å². The summed E-state index contributed by atoms with van der Waals surface area (Å²) < 4.78 is 7.01. The number of carbonyl (C=O) groups excluding carboxylic acids is 1. The number of rotatable bonds is 3. The highest BCUT2D eigenvalue weighted by Crippen LogP contribution is 2.27. The summed E-state index contributed by atoms with van der Waals surface area (Å²) in [5.74, 6) is 1.30. The van der Waals surface area contributed by atoms with E-state index in [1.165, 1.54) is 0 Å². The van der Waals surface area contributed by atoms with Gasteiger partial charge in [0.1, 0.15) is 11.5 Å². The van der Waals surface area contributed by atoms with Crippen molar-refractivity contribution in [3.05, 3.63) is 51.3 Å². The molecule has 0 atom stereocenters. The number of carbonyl (C=O) groups is 1. The quantitative estimate of drug-likeness (QED) is 0.939. The number of nitrogens with one attached hydrogen (secondary N) is 1. The largest absolute Gasteiger partial charge is 0.466 e. The molecule has 1 fully saturated rings. The van der Waals surface area contributed by atoms with Crippen molar-refractivity contribution in [1.29, 1.82) is 0 Å². The second-order valence-electron chi connectivity index (χ2n) is 6.56. The van der Waals surface area contributed by atoms with E-state index in [9.17, 15) is 9.59 Å². The molecular weight excluding hydrogens is 306 g/mol. The fraction of sp³-hybridized carbons (Fsp3) is 0.500. The van der Waals surface area contributed by atoms with Gasteiger partial charge in [0.05, 0.1) is 17.3 Å². The summed E-state index contributed by atoms with van der Waals surface area (Å²) in [4.78, 5) is 24.3. The smallest absolute Gasteiger partial charge is 0.267 e. The molecule has 0 bridgehead atoms. The van der Waals surface area contributed by atoms with Gasteiger partial charge in [-0.1, -0.05) is 0 Å². The molecule has 0 unspecified atom stereocenters. The van der Waals surface area contributed by atoms with Crippen molar-refractivity contribution in [2.24, 2.45) is 0 Å². The van der Waals surface area contributed by atoms with Crippen LogP contribution in [0.3, 0.4) is 0 Å². The molecule has 1 aliphatic rings. The molecule has 1 N–H and O–H groups in total. The molecule has 3 rings (SSSR count). The van der Waals surface area contributed by atoms with E-state index in [1.807, 2.05) is 13.8 Å². The standard InChI is InChI=1S/C18H23N3O3/c1-11-4-9-17(22)21(20-11)15-7-5-14(6-8-15)19-18(23)16-10-12(2)24-13(16)3/h4,9-10,14-15H,5-8H2,1-3H3,(H,19,23). The first-order chi connectivity index (χ1) is 11.4. The molecule has 0 aliphatic heterocycles. The Morgan fingerprint density at radius 3 is 2.54 bits per heavy atom. The monoisotopic (exact) mass is 329 g/mol. The Bertz CT molecular complexity index is 798. The highest BCUT2D eigenvalue weighted by Gasteiger charge is 2.26. The van der Waals surface area contributed by atoms with Gasteiger partial charge >= 0.3 is 0 Å². The lowest BCUT2D eigenvalue weighted by Gasteiger charge is -2.29. The van der Waals surface area contributed by atoms with E-state index in [0.717, 1.165) is 37.1 Å². The average molecular weight is 329 g/mol. The van der Waals surface area contributed by atoms with Crippen LogP contribution in [0.15, 0.2) is 27.4 Å². The van der Waals surface area contributed by atoms with Gasteiger partial charge in [0.15, 0.2) is 0 Å². The van der Waals surface area contributed by atoms with Crippen LogP contribution in [0.4, 0.5) is 0 Å². The fourth-order valence-electron chi connectivity index (χ4n) is 3.37. The molecule has 6 nitrogen and oxygen atoms in total. The van der Waals surface area contributed by atoms with Gasteiger partial charge in [0, 0.05) is 12.1 Å². The van der Waals surface area contributed by atoms with Crippen LogP contribution in [-0.4, -0.2) is 21.7 Å². The van der Waals surface area contributed by atoms with Crippen molar-refractivity contribution in [2.75, 3.05) is 0 Å². The molecule has 0 saturated heterocycles. The van der Waals surface area contributed by atoms with E-state index >= 15 is 0 Å². The van der Waals surface area contributed by atoms with Gasteiger partial charge in [0.25, 0.3) is 11.5 Å². The molecule has 2 aromatic heterocycles. The van der Waals surface area contributed by atoms with Gasteiger partial charge in [-0.05, 0) is 58.6 Å². The van der Waals surface area contributed by atoms with E-state index in [2.05, 4.69) is 10.4 Å². The van der Waals surface area contributed by atoms with E-state index < -0.39 is 0 Å². The first-order valence-corrected chi connectivity index (χ1v) is 8.38. The normalized spacial score (nSPS) is 20.8. The Morgan fingerprint density at radius 2 is 1.92 bits per heavy atom. The summed E-state index contributed by atoms with van der Waals surface area (Å²) in [5.41, 5.74) is 1.39. The summed E-state index contributed by atoms with van der Waals surface area (Å²) in [6.45, 7) is 5.52. The molecule has 0 spiro atoms. The molecule has 2 heterocycles. The van der Waals surface area contributed by atoms with Gasteiger partial charge in [-0.15, -0.1) is 0 Å². The van der Waals surface area contributed by atoms with E-state index in [0.29, 0.717) is 11.3 Å².